The van der Waals surface area contributed by atoms with E-state index in [4.69, 9.17) is 23.4 Å². The zero-order valence-corrected chi connectivity index (χ0v) is 16.3. The van der Waals surface area contributed by atoms with Gasteiger partial charge in [0.15, 0.2) is 0 Å². The summed E-state index contributed by atoms with van der Waals surface area (Å²) in [6.45, 7) is 4.01. The van der Waals surface area contributed by atoms with E-state index < -0.39 is 5.97 Å². The van der Waals surface area contributed by atoms with Gasteiger partial charge in [-0.25, -0.2) is 4.79 Å². The number of ether oxygens (including phenoxy) is 2. The van der Waals surface area contributed by atoms with Gasteiger partial charge < -0.3 is 23.4 Å². The van der Waals surface area contributed by atoms with Crippen LogP contribution in [0.2, 0.25) is 0 Å². The van der Waals surface area contributed by atoms with Crippen molar-refractivity contribution in [3.05, 3.63) is 87.7 Å². The molecule has 4 rings (SSSR count). The van der Waals surface area contributed by atoms with E-state index in [9.17, 15) is 9.59 Å². The number of carbonyl (C=O) groups is 1. The Labute approximate surface area is 171 Å². The third-order valence-corrected chi connectivity index (χ3v) is 4.67. The topological polar surface area (TPSA) is 99.1 Å². The smallest absolute Gasteiger partial charge is 0.371 e. The molecule has 2 aromatic carbocycles. The molecule has 0 fully saturated rings. The molecule has 0 aliphatic heterocycles. The van der Waals surface area contributed by atoms with E-state index in [2.05, 4.69) is 0 Å². The molecule has 7 heteroatoms. The molecule has 2 heterocycles. The highest BCUT2D eigenvalue weighted by Gasteiger charge is 2.12. The predicted octanol–water partition coefficient (Wildman–Crippen LogP) is 5.07. The molecular formula is C23H18O7. The van der Waals surface area contributed by atoms with E-state index in [1.165, 1.54) is 18.4 Å². The number of aromatic carboxylic acids is 1. The van der Waals surface area contributed by atoms with Crippen LogP contribution >= 0.6 is 0 Å². The molecule has 0 amide bonds. The molecule has 0 unspecified atom stereocenters. The lowest BCUT2D eigenvalue weighted by Crippen LogP contribution is -2.05. The number of fused-ring (bicyclic) bond motifs is 1. The van der Waals surface area contributed by atoms with Gasteiger partial charge in [0.05, 0.1) is 5.39 Å². The van der Waals surface area contributed by atoms with E-state index in [1.807, 2.05) is 26.0 Å². The molecule has 0 spiro atoms. The van der Waals surface area contributed by atoms with Crippen molar-refractivity contribution in [1.82, 2.24) is 0 Å². The third kappa shape index (κ3) is 3.91. The largest absolute Gasteiger partial charge is 0.486 e. The van der Waals surface area contributed by atoms with Crippen molar-refractivity contribution in [2.45, 2.75) is 20.5 Å². The van der Waals surface area contributed by atoms with Crippen molar-refractivity contribution < 1.29 is 28.2 Å². The summed E-state index contributed by atoms with van der Waals surface area (Å²) in [5.74, 6) is 0.162. The van der Waals surface area contributed by atoms with Crippen LogP contribution in [-0.2, 0) is 6.61 Å². The molecule has 0 aliphatic carbocycles. The maximum absolute atomic E-state index is 12.7. The fraction of sp³-hybridized carbons (Fsp3) is 0.130. The van der Waals surface area contributed by atoms with Gasteiger partial charge in [-0.05, 0) is 61.4 Å². The van der Waals surface area contributed by atoms with Gasteiger partial charge in [0, 0.05) is 6.07 Å². The first-order chi connectivity index (χ1) is 14.4. The lowest BCUT2D eigenvalue weighted by molar-refractivity contribution is 0.0658. The summed E-state index contributed by atoms with van der Waals surface area (Å²) in [4.78, 5) is 23.6. The molecular weight excluding hydrogens is 388 g/mol. The second-order valence-electron chi connectivity index (χ2n) is 6.79. The number of aryl methyl sites for hydroxylation is 2. The lowest BCUT2D eigenvalue weighted by Gasteiger charge is -2.09. The predicted molar refractivity (Wildman–Crippen MR) is 108 cm³/mol. The molecule has 7 nitrogen and oxygen atoms in total. The Morgan fingerprint density at radius 3 is 2.53 bits per heavy atom. The Hall–Kier alpha value is -4.00. The van der Waals surface area contributed by atoms with Gasteiger partial charge in [0.25, 0.3) is 0 Å². The summed E-state index contributed by atoms with van der Waals surface area (Å²) in [5.41, 5.74) is 2.24. The molecule has 0 bridgehead atoms. The van der Waals surface area contributed by atoms with Crippen LogP contribution in [0.1, 0.15) is 27.4 Å². The van der Waals surface area contributed by atoms with Crippen molar-refractivity contribution in [2.75, 3.05) is 0 Å². The molecule has 0 aliphatic rings. The Balaban J connectivity index is 1.53. The molecule has 0 saturated carbocycles. The SMILES string of the molecule is Cc1ccc(Oc2coc3cc(OCc4ccc(C(=O)O)o4)ccc3c2=O)cc1C. The summed E-state index contributed by atoms with van der Waals surface area (Å²) in [7, 11) is 0. The lowest BCUT2D eigenvalue weighted by atomic mass is 10.1. The fourth-order valence-electron chi connectivity index (χ4n) is 2.88. The molecule has 0 saturated heterocycles. The van der Waals surface area contributed by atoms with Crippen LogP contribution in [0.4, 0.5) is 0 Å². The monoisotopic (exact) mass is 406 g/mol. The molecule has 4 aromatic rings. The standard InChI is InChI=1S/C23H18O7/c1-13-3-4-16(9-14(13)2)29-21-12-28-20-10-15(5-7-18(20)22(21)24)27-11-17-6-8-19(30-17)23(25)26/h3-10,12H,11H2,1-2H3,(H,25,26). The number of hydrogen-bond acceptors (Lipinski definition) is 6. The molecule has 0 radical (unpaired) electrons. The normalized spacial score (nSPS) is 10.9. The van der Waals surface area contributed by atoms with E-state index in [0.29, 0.717) is 28.2 Å². The average molecular weight is 406 g/mol. The van der Waals surface area contributed by atoms with Crippen LogP contribution < -0.4 is 14.9 Å². The maximum Gasteiger partial charge on any atom is 0.371 e. The maximum atomic E-state index is 12.7. The highest BCUT2D eigenvalue weighted by molar-refractivity contribution is 5.84. The minimum atomic E-state index is -1.15. The van der Waals surface area contributed by atoms with Crippen molar-refractivity contribution in [3.8, 4) is 17.2 Å². The zero-order chi connectivity index (χ0) is 21.3. The quantitative estimate of drug-likeness (QED) is 0.477. The second-order valence-corrected chi connectivity index (χ2v) is 6.79. The van der Waals surface area contributed by atoms with Crippen molar-refractivity contribution in [3.63, 3.8) is 0 Å². The third-order valence-electron chi connectivity index (χ3n) is 4.67. The van der Waals surface area contributed by atoms with Crippen LogP contribution in [0, 0.1) is 13.8 Å². The number of carboxylic acid groups (broad SMARTS) is 1. The van der Waals surface area contributed by atoms with Crippen molar-refractivity contribution >= 4 is 16.9 Å². The molecule has 0 atom stereocenters. The first-order valence-corrected chi connectivity index (χ1v) is 9.16. The van der Waals surface area contributed by atoms with Gasteiger partial charge >= 0.3 is 5.97 Å². The summed E-state index contributed by atoms with van der Waals surface area (Å²) in [5, 5.41) is 9.24. The van der Waals surface area contributed by atoms with E-state index in [0.717, 1.165) is 11.1 Å². The number of furan rings is 1. The summed E-state index contributed by atoms with van der Waals surface area (Å²) >= 11 is 0. The molecule has 2 aromatic heterocycles. The fourth-order valence-corrected chi connectivity index (χ4v) is 2.88. The summed E-state index contributed by atoms with van der Waals surface area (Å²) in [6.07, 6.45) is 1.27. The van der Waals surface area contributed by atoms with Gasteiger partial charge in [0.1, 0.15) is 35.7 Å². The minimum absolute atomic E-state index is 0.0387. The Morgan fingerprint density at radius 2 is 1.80 bits per heavy atom. The average Bonchev–Trinajstić information content (AvgIpc) is 3.21. The number of benzene rings is 2. The van der Waals surface area contributed by atoms with E-state index in [-0.39, 0.29) is 23.5 Å². The molecule has 1 N–H and O–H groups in total. The van der Waals surface area contributed by atoms with Crippen LogP contribution in [0.5, 0.6) is 17.2 Å². The van der Waals surface area contributed by atoms with Gasteiger partial charge in [-0.15, -0.1) is 0 Å². The van der Waals surface area contributed by atoms with Gasteiger partial charge in [-0.3, -0.25) is 4.79 Å². The van der Waals surface area contributed by atoms with Crippen molar-refractivity contribution in [2.24, 2.45) is 0 Å². The summed E-state index contributed by atoms with van der Waals surface area (Å²) in [6, 6.07) is 13.3. The van der Waals surface area contributed by atoms with Crippen molar-refractivity contribution in [1.29, 1.82) is 0 Å². The Kier molecular flexibility index (Phi) is 5.02. The Morgan fingerprint density at radius 1 is 1.00 bits per heavy atom. The van der Waals surface area contributed by atoms with E-state index >= 15 is 0 Å². The van der Waals surface area contributed by atoms with Crippen LogP contribution in [0.3, 0.4) is 0 Å². The van der Waals surface area contributed by atoms with Gasteiger partial charge in [-0.2, -0.15) is 0 Å². The van der Waals surface area contributed by atoms with Crippen LogP contribution in [-0.4, -0.2) is 11.1 Å². The Bertz CT molecular complexity index is 1300. The minimum Gasteiger partial charge on any atom is -0.486 e. The highest BCUT2D eigenvalue weighted by Crippen LogP contribution is 2.25. The molecule has 152 valence electrons. The number of hydrogen-bond donors (Lipinski definition) is 1. The number of rotatable bonds is 6. The van der Waals surface area contributed by atoms with Crippen LogP contribution in [0.15, 0.2) is 68.4 Å². The zero-order valence-electron chi connectivity index (χ0n) is 16.3. The van der Waals surface area contributed by atoms with Crippen LogP contribution in [0.25, 0.3) is 11.0 Å². The van der Waals surface area contributed by atoms with Gasteiger partial charge in [0.2, 0.25) is 16.9 Å². The highest BCUT2D eigenvalue weighted by atomic mass is 16.5. The summed E-state index contributed by atoms with van der Waals surface area (Å²) < 4.78 is 22.0. The number of carboxylic acids is 1. The molecule has 30 heavy (non-hydrogen) atoms. The second kappa shape index (κ2) is 7.79. The first-order valence-electron chi connectivity index (χ1n) is 9.16. The van der Waals surface area contributed by atoms with Gasteiger partial charge in [-0.1, -0.05) is 6.07 Å². The first kappa shape index (κ1) is 19.3. The van der Waals surface area contributed by atoms with E-state index in [1.54, 1.807) is 24.3 Å².